The minimum atomic E-state index is -0.518. The third-order valence-electron chi connectivity index (χ3n) is 2.52. The fraction of sp³-hybridized carbons (Fsp3) is 0.583. The van der Waals surface area contributed by atoms with Gasteiger partial charge < -0.3 is 19.8 Å². The Morgan fingerprint density at radius 3 is 2.82 bits per heavy atom. The van der Waals surface area contributed by atoms with Gasteiger partial charge in [-0.1, -0.05) is 0 Å². The normalized spacial score (nSPS) is 12.5. The minimum absolute atomic E-state index is 0.101. The Labute approximate surface area is 102 Å². The van der Waals surface area contributed by atoms with Crippen LogP contribution in [-0.2, 0) is 16.1 Å². The summed E-state index contributed by atoms with van der Waals surface area (Å²) < 4.78 is 10.3. The van der Waals surface area contributed by atoms with Crippen molar-refractivity contribution in [1.82, 2.24) is 4.90 Å². The molecule has 0 fully saturated rings. The molecule has 0 aromatic carbocycles. The second kappa shape index (κ2) is 6.42. The summed E-state index contributed by atoms with van der Waals surface area (Å²) in [6.45, 7) is 2.80. The van der Waals surface area contributed by atoms with Gasteiger partial charge in [-0.15, -0.1) is 0 Å². The number of methoxy groups -OCH3 is 1. The molecule has 0 aliphatic heterocycles. The number of hydrogen-bond donors (Lipinski definition) is 1. The molecule has 0 saturated carbocycles. The van der Waals surface area contributed by atoms with Crippen molar-refractivity contribution < 1.29 is 13.9 Å². The lowest BCUT2D eigenvalue weighted by Gasteiger charge is -2.20. The van der Waals surface area contributed by atoms with E-state index in [1.54, 1.807) is 19.1 Å². The Morgan fingerprint density at radius 2 is 2.29 bits per heavy atom. The average molecular weight is 240 g/mol. The quantitative estimate of drug-likeness (QED) is 0.802. The van der Waals surface area contributed by atoms with Gasteiger partial charge in [0.05, 0.1) is 12.6 Å². The zero-order chi connectivity index (χ0) is 12.8. The highest BCUT2D eigenvalue weighted by atomic mass is 16.5. The van der Waals surface area contributed by atoms with E-state index in [0.29, 0.717) is 19.6 Å². The van der Waals surface area contributed by atoms with E-state index in [1.807, 2.05) is 19.1 Å². The van der Waals surface area contributed by atoms with E-state index >= 15 is 0 Å². The maximum absolute atomic E-state index is 11.9. The van der Waals surface area contributed by atoms with Gasteiger partial charge in [0.15, 0.2) is 0 Å². The summed E-state index contributed by atoms with van der Waals surface area (Å²) in [6, 6.07) is 3.22. The van der Waals surface area contributed by atoms with Gasteiger partial charge in [0.25, 0.3) is 0 Å². The monoisotopic (exact) mass is 240 g/mol. The molecule has 0 radical (unpaired) electrons. The zero-order valence-electron chi connectivity index (χ0n) is 10.6. The number of carbonyl (C=O) groups excluding carboxylic acids is 1. The van der Waals surface area contributed by atoms with Gasteiger partial charge in [-0.05, 0) is 25.5 Å². The van der Waals surface area contributed by atoms with E-state index in [4.69, 9.17) is 14.9 Å². The summed E-state index contributed by atoms with van der Waals surface area (Å²) in [5.74, 6) is 1.50. The maximum atomic E-state index is 11.9. The molecule has 96 valence electrons. The highest BCUT2D eigenvalue weighted by molar-refractivity contribution is 5.81. The molecule has 5 nitrogen and oxygen atoms in total. The van der Waals surface area contributed by atoms with Gasteiger partial charge in [-0.25, -0.2) is 0 Å². The first-order valence-corrected chi connectivity index (χ1v) is 5.59. The molecule has 0 aliphatic rings. The summed E-state index contributed by atoms with van der Waals surface area (Å²) in [6.07, 6.45) is 0.525. The summed E-state index contributed by atoms with van der Waals surface area (Å²) in [4.78, 5) is 13.4. The van der Waals surface area contributed by atoms with Crippen molar-refractivity contribution in [2.24, 2.45) is 5.73 Å². The van der Waals surface area contributed by atoms with Gasteiger partial charge >= 0.3 is 0 Å². The summed E-state index contributed by atoms with van der Waals surface area (Å²) >= 11 is 0. The number of rotatable bonds is 6. The van der Waals surface area contributed by atoms with Crippen LogP contribution in [0.5, 0.6) is 0 Å². The Hall–Kier alpha value is -1.33. The van der Waals surface area contributed by atoms with Gasteiger partial charge in [-0.2, -0.15) is 0 Å². The van der Waals surface area contributed by atoms with Gasteiger partial charge in [0.1, 0.15) is 11.5 Å². The number of nitrogens with zero attached hydrogens (tertiary/aromatic N) is 1. The van der Waals surface area contributed by atoms with Crippen LogP contribution in [0.4, 0.5) is 0 Å². The fourth-order valence-corrected chi connectivity index (χ4v) is 1.53. The average Bonchev–Trinajstić information content (AvgIpc) is 2.70. The second-order valence-electron chi connectivity index (χ2n) is 4.09. The molecule has 1 unspecified atom stereocenters. The van der Waals surface area contributed by atoms with E-state index in [2.05, 4.69) is 0 Å². The van der Waals surface area contributed by atoms with Crippen LogP contribution in [0.1, 0.15) is 17.9 Å². The molecule has 1 heterocycles. The summed E-state index contributed by atoms with van der Waals surface area (Å²) in [5.41, 5.74) is 5.76. The molecule has 0 spiro atoms. The molecule has 1 aromatic rings. The molecule has 2 N–H and O–H groups in total. The Bertz CT molecular complexity index is 362. The van der Waals surface area contributed by atoms with E-state index in [1.165, 1.54) is 0 Å². The van der Waals surface area contributed by atoms with Crippen molar-refractivity contribution in [3.8, 4) is 0 Å². The largest absolute Gasteiger partial charge is 0.464 e. The van der Waals surface area contributed by atoms with Crippen LogP contribution in [0.15, 0.2) is 16.5 Å². The SMILES string of the molecule is COCCC(N)C(=O)N(C)Cc1ccc(C)o1. The van der Waals surface area contributed by atoms with E-state index in [0.717, 1.165) is 11.5 Å². The van der Waals surface area contributed by atoms with E-state index in [-0.39, 0.29) is 5.91 Å². The lowest BCUT2D eigenvalue weighted by atomic mass is 10.2. The van der Waals surface area contributed by atoms with Crippen molar-refractivity contribution in [1.29, 1.82) is 0 Å². The van der Waals surface area contributed by atoms with E-state index in [9.17, 15) is 4.79 Å². The standard InChI is InChI=1S/C12H20N2O3/c1-9-4-5-10(17-9)8-14(2)12(15)11(13)6-7-16-3/h4-5,11H,6-8,13H2,1-3H3. The predicted molar refractivity (Wildman–Crippen MR) is 64.4 cm³/mol. The molecular formula is C12H20N2O3. The van der Waals surface area contributed by atoms with Crippen LogP contribution in [0, 0.1) is 6.92 Å². The number of nitrogens with two attached hydrogens (primary N) is 1. The molecule has 1 amide bonds. The fourth-order valence-electron chi connectivity index (χ4n) is 1.53. The first kappa shape index (κ1) is 13.7. The Morgan fingerprint density at radius 1 is 1.59 bits per heavy atom. The second-order valence-corrected chi connectivity index (χ2v) is 4.09. The van der Waals surface area contributed by atoms with Gasteiger partial charge in [0.2, 0.25) is 5.91 Å². The molecule has 1 rings (SSSR count). The molecular weight excluding hydrogens is 220 g/mol. The summed E-state index contributed by atoms with van der Waals surface area (Å²) in [5, 5.41) is 0. The number of furan rings is 1. The topological polar surface area (TPSA) is 68.7 Å². The van der Waals surface area contributed by atoms with Crippen LogP contribution >= 0.6 is 0 Å². The van der Waals surface area contributed by atoms with Crippen LogP contribution in [-0.4, -0.2) is 37.6 Å². The van der Waals surface area contributed by atoms with Crippen LogP contribution in [0.2, 0.25) is 0 Å². The van der Waals surface area contributed by atoms with Crippen molar-refractivity contribution in [2.45, 2.75) is 25.9 Å². The molecule has 17 heavy (non-hydrogen) atoms. The van der Waals surface area contributed by atoms with Gasteiger partial charge in [0, 0.05) is 20.8 Å². The third kappa shape index (κ3) is 4.20. The molecule has 0 bridgehead atoms. The number of aryl methyl sites for hydroxylation is 1. The number of amides is 1. The Balaban J connectivity index is 2.46. The minimum Gasteiger partial charge on any atom is -0.464 e. The number of ether oxygens (including phenoxy) is 1. The zero-order valence-corrected chi connectivity index (χ0v) is 10.6. The lowest BCUT2D eigenvalue weighted by Crippen LogP contribution is -2.41. The van der Waals surface area contributed by atoms with E-state index < -0.39 is 6.04 Å². The highest BCUT2D eigenvalue weighted by Crippen LogP contribution is 2.09. The first-order valence-electron chi connectivity index (χ1n) is 5.59. The molecule has 5 heteroatoms. The van der Waals surface area contributed by atoms with Gasteiger partial charge in [-0.3, -0.25) is 4.79 Å². The maximum Gasteiger partial charge on any atom is 0.239 e. The molecule has 1 aromatic heterocycles. The van der Waals surface area contributed by atoms with Crippen molar-refractivity contribution >= 4 is 5.91 Å². The summed E-state index contributed by atoms with van der Waals surface area (Å²) in [7, 11) is 3.30. The smallest absolute Gasteiger partial charge is 0.239 e. The molecule has 1 atom stereocenters. The van der Waals surface area contributed by atoms with Crippen molar-refractivity contribution in [2.75, 3.05) is 20.8 Å². The van der Waals surface area contributed by atoms with Crippen LogP contribution in [0.25, 0.3) is 0 Å². The van der Waals surface area contributed by atoms with Crippen LogP contribution < -0.4 is 5.73 Å². The Kier molecular flexibility index (Phi) is 5.18. The predicted octanol–water partition coefficient (Wildman–Crippen LogP) is 0.910. The van der Waals surface area contributed by atoms with Crippen LogP contribution in [0.3, 0.4) is 0 Å². The van der Waals surface area contributed by atoms with Crippen molar-refractivity contribution in [3.05, 3.63) is 23.7 Å². The molecule has 0 saturated heterocycles. The first-order chi connectivity index (χ1) is 8.04. The third-order valence-corrected chi connectivity index (χ3v) is 2.52. The molecule has 0 aliphatic carbocycles. The number of hydrogen-bond acceptors (Lipinski definition) is 4. The number of carbonyl (C=O) groups is 1. The number of likely N-dealkylation sites (N-methyl/N-ethyl adjacent to an activating group) is 1. The highest BCUT2D eigenvalue weighted by Gasteiger charge is 2.18. The lowest BCUT2D eigenvalue weighted by molar-refractivity contribution is -0.132. The van der Waals surface area contributed by atoms with Crippen molar-refractivity contribution in [3.63, 3.8) is 0 Å².